The van der Waals surface area contributed by atoms with E-state index in [0.29, 0.717) is 30.4 Å². The summed E-state index contributed by atoms with van der Waals surface area (Å²) in [6.07, 6.45) is 0. The molecule has 1 aliphatic rings. The second-order valence-corrected chi connectivity index (χ2v) is 6.11. The molecule has 1 aromatic carbocycles. The first-order chi connectivity index (χ1) is 8.61. The minimum atomic E-state index is -0.459. The zero-order valence-electron chi connectivity index (χ0n) is 10.7. The second-order valence-electron chi connectivity index (χ2n) is 4.57. The van der Waals surface area contributed by atoms with Crippen LogP contribution in [0, 0.1) is 11.6 Å². The molecule has 1 aliphatic heterocycles. The molecule has 1 N–H and O–H groups in total. The number of hydrogen-bond acceptors (Lipinski definition) is 3. The predicted octanol–water partition coefficient (Wildman–Crippen LogP) is 2.63. The van der Waals surface area contributed by atoms with E-state index in [1.165, 1.54) is 12.1 Å². The Labute approximate surface area is 111 Å². The molecule has 0 amide bonds. The summed E-state index contributed by atoms with van der Waals surface area (Å²) in [5.74, 6) is -0.00288. The maximum absolute atomic E-state index is 14.0. The van der Waals surface area contributed by atoms with Crippen molar-refractivity contribution in [2.75, 3.05) is 30.8 Å². The van der Waals surface area contributed by atoms with Gasteiger partial charge in [-0.3, -0.25) is 0 Å². The lowest BCUT2D eigenvalue weighted by Gasteiger charge is -2.33. The Morgan fingerprint density at radius 2 is 2.06 bits per heavy atom. The molecule has 2 nitrogen and oxygen atoms in total. The smallest absolute Gasteiger partial charge is 0.149 e. The molecule has 1 atom stereocenters. The van der Waals surface area contributed by atoms with E-state index in [-0.39, 0.29) is 5.69 Å². The maximum Gasteiger partial charge on any atom is 0.149 e. The van der Waals surface area contributed by atoms with Gasteiger partial charge in [0.05, 0.1) is 0 Å². The average molecular weight is 272 g/mol. The summed E-state index contributed by atoms with van der Waals surface area (Å²) in [5.41, 5.74) is 0.762. The van der Waals surface area contributed by atoms with Gasteiger partial charge in [-0.1, -0.05) is 6.92 Å². The van der Waals surface area contributed by atoms with Gasteiger partial charge in [0.25, 0.3) is 0 Å². The number of halogens is 2. The van der Waals surface area contributed by atoms with Crippen LogP contribution in [0.25, 0.3) is 0 Å². The van der Waals surface area contributed by atoms with E-state index in [0.717, 1.165) is 5.75 Å². The molecule has 0 bridgehead atoms. The molecule has 0 radical (unpaired) electrons. The van der Waals surface area contributed by atoms with Crippen molar-refractivity contribution in [1.29, 1.82) is 0 Å². The summed E-state index contributed by atoms with van der Waals surface area (Å²) in [6, 6.07) is 2.84. The highest BCUT2D eigenvalue weighted by Crippen LogP contribution is 2.29. The van der Waals surface area contributed by atoms with Crippen molar-refractivity contribution in [3.63, 3.8) is 0 Å². The van der Waals surface area contributed by atoms with Gasteiger partial charge >= 0.3 is 0 Å². The Kier molecular flexibility index (Phi) is 4.45. The van der Waals surface area contributed by atoms with Crippen LogP contribution in [0.5, 0.6) is 0 Å². The predicted molar refractivity (Wildman–Crippen MR) is 73.3 cm³/mol. The Balaban J connectivity index is 2.27. The first-order valence-electron chi connectivity index (χ1n) is 6.11. The summed E-state index contributed by atoms with van der Waals surface area (Å²) >= 11 is 1.84. The molecule has 1 aromatic rings. The number of thioether (sulfide) groups is 1. The van der Waals surface area contributed by atoms with E-state index in [4.69, 9.17) is 0 Å². The van der Waals surface area contributed by atoms with Gasteiger partial charge < -0.3 is 10.2 Å². The van der Waals surface area contributed by atoms with Crippen molar-refractivity contribution in [2.24, 2.45) is 0 Å². The maximum atomic E-state index is 14.0. The number of hydrogen-bond donors (Lipinski definition) is 1. The van der Waals surface area contributed by atoms with Crippen LogP contribution in [0.3, 0.4) is 0 Å². The van der Waals surface area contributed by atoms with E-state index >= 15 is 0 Å². The van der Waals surface area contributed by atoms with Crippen molar-refractivity contribution in [3.8, 4) is 0 Å². The summed E-state index contributed by atoms with van der Waals surface area (Å²) in [7, 11) is 1.76. The van der Waals surface area contributed by atoms with Crippen LogP contribution in [0.15, 0.2) is 12.1 Å². The lowest BCUT2D eigenvalue weighted by atomic mass is 10.1. The molecule has 1 unspecified atom stereocenters. The van der Waals surface area contributed by atoms with Crippen LogP contribution >= 0.6 is 11.8 Å². The van der Waals surface area contributed by atoms with E-state index in [1.54, 1.807) is 7.05 Å². The third kappa shape index (κ3) is 2.95. The van der Waals surface area contributed by atoms with Crippen molar-refractivity contribution < 1.29 is 8.78 Å². The van der Waals surface area contributed by atoms with Crippen LogP contribution in [-0.2, 0) is 6.54 Å². The van der Waals surface area contributed by atoms with Crippen molar-refractivity contribution >= 4 is 17.4 Å². The molecular weight excluding hydrogens is 254 g/mol. The van der Waals surface area contributed by atoms with Crippen LogP contribution < -0.4 is 10.2 Å². The normalized spacial score (nSPS) is 20.2. The Morgan fingerprint density at radius 3 is 2.61 bits per heavy atom. The summed E-state index contributed by atoms with van der Waals surface area (Å²) in [4.78, 5) is 1.81. The van der Waals surface area contributed by atoms with Crippen molar-refractivity contribution in [2.45, 2.75) is 18.7 Å². The zero-order chi connectivity index (χ0) is 13.1. The SMILES string of the molecule is CNCc1cc(F)c(N2CCSC(C)C2)c(F)c1. The monoisotopic (exact) mass is 272 g/mol. The molecular formula is C13H18F2N2S. The number of anilines is 1. The van der Waals surface area contributed by atoms with E-state index in [1.807, 2.05) is 16.7 Å². The molecule has 1 heterocycles. The molecule has 0 aromatic heterocycles. The number of benzene rings is 1. The van der Waals surface area contributed by atoms with Crippen molar-refractivity contribution in [3.05, 3.63) is 29.3 Å². The number of nitrogens with one attached hydrogen (secondary N) is 1. The standard InChI is InChI=1S/C13H18F2N2S/c1-9-8-17(3-4-18-9)13-11(14)5-10(7-16-2)6-12(13)15/h5-6,9,16H,3-4,7-8H2,1-2H3. The van der Waals surface area contributed by atoms with Gasteiger partial charge in [0.15, 0.2) is 0 Å². The quantitative estimate of drug-likeness (QED) is 0.910. The number of rotatable bonds is 3. The van der Waals surface area contributed by atoms with Crippen LogP contribution in [0.1, 0.15) is 12.5 Å². The van der Waals surface area contributed by atoms with Gasteiger partial charge in [-0.15, -0.1) is 0 Å². The van der Waals surface area contributed by atoms with E-state index in [2.05, 4.69) is 12.2 Å². The largest absolute Gasteiger partial charge is 0.365 e. The molecule has 18 heavy (non-hydrogen) atoms. The highest BCUT2D eigenvalue weighted by Gasteiger charge is 2.23. The molecule has 1 saturated heterocycles. The van der Waals surface area contributed by atoms with Gasteiger partial charge in [-0.05, 0) is 24.7 Å². The molecule has 100 valence electrons. The second kappa shape index (κ2) is 5.89. The lowest BCUT2D eigenvalue weighted by molar-refractivity contribution is 0.565. The lowest BCUT2D eigenvalue weighted by Crippen LogP contribution is -2.37. The van der Waals surface area contributed by atoms with Crippen LogP contribution in [0.4, 0.5) is 14.5 Å². The third-order valence-corrected chi connectivity index (χ3v) is 4.15. The van der Waals surface area contributed by atoms with E-state index in [9.17, 15) is 8.78 Å². The minimum absolute atomic E-state index is 0.127. The first kappa shape index (κ1) is 13.6. The fourth-order valence-electron chi connectivity index (χ4n) is 2.25. The fourth-order valence-corrected chi connectivity index (χ4v) is 3.26. The highest BCUT2D eigenvalue weighted by molar-refractivity contribution is 8.00. The molecule has 5 heteroatoms. The van der Waals surface area contributed by atoms with E-state index < -0.39 is 11.6 Å². The Hall–Kier alpha value is -0.810. The average Bonchev–Trinajstić information content (AvgIpc) is 2.28. The zero-order valence-corrected chi connectivity index (χ0v) is 11.5. The summed E-state index contributed by atoms with van der Waals surface area (Å²) in [5, 5.41) is 3.31. The summed E-state index contributed by atoms with van der Waals surface area (Å²) in [6.45, 7) is 3.96. The van der Waals surface area contributed by atoms with Gasteiger partial charge in [-0.25, -0.2) is 8.78 Å². The highest BCUT2D eigenvalue weighted by atomic mass is 32.2. The van der Waals surface area contributed by atoms with Gasteiger partial charge in [-0.2, -0.15) is 11.8 Å². The third-order valence-electron chi connectivity index (χ3n) is 3.01. The van der Waals surface area contributed by atoms with Crippen LogP contribution in [0.2, 0.25) is 0 Å². The van der Waals surface area contributed by atoms with Crippen LogP contribution in [-0.4, -0.2) is 31.1 Å². The minimum Gasteiger partial charge on any atom is -0.365 e. The fraction of sp³-hybridized carbons (Fsp3) is 0.538. The number of nitrogens with zero attached hydrogens (tertiary/aromatic N) is 1. The topological polar surface area (TPSA) is 15.3 Å². The first-order valence-corrected chi connectivity index (χ1v) is 7.15. The Bertz CT molecular complexity index is 402. The molecule has 0 spiro atoms. The Morgan fingerprint density at radius 1 is 1.39 bits per heavy atom. The van der Waals surface area contributed by atoms with Gasteiger partial charge in [0.2, 0.25) is 0 Å². The summed E-state index contributed by atoms with van der Waals surface area (Å²) < 4.78 is 28.1. The molecule has 0 aliphatic carbocycles. The van der Waals surface area contributed by atoms with Gasteiger partial charge in [0, 0.05) is 30.6 Å². The molecule has 2 rings (SSSR count). The van der Waals surface area contributed by atoms with Crippen molar-refractivity contribution in [1.82, 2.24) is 5.32 Å². The molecule has 0 saturated carbocycles. The molecule has 1 fully saturated rings. The van der Waals surface area contributed by atoms with Gasteiger partial charge in [0.1, 0.15) is 17.3 Å².